The highest BCUT2D eigenvalue weighted by atomic mass is 127. The fourth-order valence-corrected chi connectivity index (χ4v) is 4.53. The molecule has 0 unspecified atom stereocenters. The lowest BCUT2D eigenvalue weighted by Crippen LogP contribution is -2.21. The normalized spacial score (nSPS) is 15.0. The Labute approximate surface area is 204 Å². The molecule has 1 aliphatic rings. The van der Waals surface area contributed by atoms with Gasteiger partial charge in [-0.3, -0.25) is 5.10 Å². The van der Waals surface area contributed by atoms with Crippen LogP contribution in [0.2, 0.25) is 5.02 Å². The Hall–Kier alpha value is -2.90. The van der Waals surface area contributed by atoms with Gasteiger partial charge in [0.2, 0.25) is 11.8 Å². The second-order valence-electron chi connectivity index (χ2n) is 7.17. The van der Waals surface area contributed by atoms with Gasteiger partial charge in [0.05, 0.1) is 16.1 Å². The number of halogens is 2. The number of nitriles is 1. The van der Waals surface area contributed by atoms with Crippen molar-refractivity contribution in [1.82, 2.24) is 10.2 Å². The van der Waals surface area contributed by atoms with E-state index in [1.807, 2.05) is 50.2 Å². The number of nitrogens with zero attached hydrogens (tertiary/aromatic N) is 2. The zero-order chi connectivity index (χ0) is 22.8. The van der Waals surface area contributed by atoms with Gasteiger partial charge < -0.3 is 19.9 Å². The van der Waals surface area contributed by atoms with E-state index >= 15 is 0 Å². The van der Waals surface area contributed by atoms with Gasteiger partial charge in [0, 0.05) is 16.3 Å². The van der Waals surface area contributed by atoms with Crippen LogP contribution in [-0.4, -0.2) is 16.8 Å². The van der Waals surface area contributed by atoms with E-state index in [1.165, 1.54) is 0 Å². The summed E-state index contributed by atoms with van der Waals surface area (Å²) in [7, 11) is 0. The number of aromatic amines is 1. The first-order valence-electron chi connectivity index (χ1n) is 9.88. The highest BCUT2D eigenvalue weighted by Crippen LogP contribution is 2.45. The molecule has 164 valence electrons. The number of H-pyrrole nitrogens is 1. The third-order valence-corrected chi connectivity index (χ3v) is 6.14. The van der Waals surface area contributed by atoms with Gasteiger partial charge in [0.25, 0.3) is 0 Å². The van der Waals surface area contributed by atoms with Crippen LogP contribution in [0.4, 0.5) is 0 Å². The predicted molar refractivity (Wildman–Crippen MR) is 129 cm³/mol. The van der Waals surface area contributed by atoms with E-state index in [-0.39, 0.29) is 5.88 Å². The van der Waals surface area contributed by atoms with Crippen LogP contribution in [0.25, 0.3) is 0 Å². The van der Waals surface area contributed by atoms with E-state index in [4.69, 9.17) is 31.5 Å². The summed E-state index contributed by atoms with van der Waals surface area (Å²) >= 11 is 8.19. The Bertz CT molecular complexity index is 1230. The van der Waals surface area contributed by atoms with E-state index in [1.54, 1.807) is 0 Å². The topological polar surface area (TPSA) is 106 Å². The third-order valence-electron chi connectivity index (χ3n) is 5.09. The van der Waals surface area contributed by atoms with Crippen molar-refractivity contribution >= 4 is 34.2 Å². The number of nitrogens with two attached hydrogens (primary N) is 1. The fourth-order valence-electron chi connectivity index (χ4n) is 3.63. The van der Waals surface area contributed by atoms with Gasteiger partial charge >= 0.3 is 0 Å². The number of hydrogen-bond acceptors (Lipinski definition) is 6. The largest absolute Gasteiger partial charge is 0.490 e. The first-order valence-corrected chi connectivity index (χ1v) is 11.3. The molecule has 2 aromatic carbocycles. The Morgan fingerprint density at radius 2 is 2.03 bits per heavy atom. The lowest BCUT2D eigenvalue weighted by Gasteiger charge is -2.25. The van der Waals surface area contributed by atoms with Gasteiger partial charge in [-0.05, 0) is 71.8 Å². The van der Waals surface area contributed by atoms with Crippen molar-refractivity contribution in [2.45, 2.75) is 26.4 Å². The third kappa shape index (κ3) is 4.23. The number of aryl methyl sites for hydroxylation is 1. The van der Waals surface area contributed by atoms with Crippen LogP contribution < -0.4 is 19.9 Å². The van der Waals surface area contributed by atoms with E-state index in [9.17, 15) is 5.26 Å². The average molecular weight is 563 g/mol. The minimum absolute atomic E-state index is 0.0486. The number of ether oxygens (including phenoxy) is 3. The minimum atomic E-state index is -0.430. The first kappa shape index (κ1) is 22.3. The first-order chi connectivity index (χ1) is 15.4. The molecule has 9 heteroatoms. The van der Waals surface area contributed by atoms with Gasteiger partial charge in [0.1, 0.15) is 18.2 Å². The predicted octanol–water partition coefficient (Wildman–Crippen LogP) is 5.17. The molecule has 3 N–H and O–H groups in total. The van der Waals surface area contributed by atoms with Gasteiger partial charge in [0.15, 0.2) is 11.5 Å². The molecule has 0 aliphatic carbocycles. The molecule has 0 amide bonds. The molecular formula is C23H20ClIN4O3. The summed E-state index contributed by atoms with van der Waals surface area (Å²) in [5, 5.41) is 17.6. The smallest absolute Gasteiger partial charge is 0.244 e. The van der Waals surface area contributed by atoms with Gasteiger partial charge in [-0.2, -0.15) is 5.26 Å². The summed E-state index contributed by atoms with van der Waals surface area (Å²) in [6.07, 6.45) is 0. The molecule has 1 aromatic heterocycles. The van der Waals surface area contributed by atoms with Crippen molar-refractivity contribution in [2.75, 3.05) is 6.61 Å². The monoisotopic (exact) mass is 562 g/mol. The summed E-state index contributed by atoms with van der Waals surface area (Å²) in [6.45, 7) is 4.62. The minimum Gasteiger partial charge on any atom is -0.490 e. The van der Waals surface area contributed by atoms with Crippen LogP contribution in [0.5, 0.6) is 17.4 Å². The molecule has 0 saturated carbocycles. The Morgan fingerprint density at radius 3 is 2.72 bits per heavy atom. The van der Waals surface area contributed by atoms with Gasteiger partial charge in [-0.15, -0.1) is 5.10 Å². The summed E-state index contributed by atoms with van der Waals surface area (Å²) in [5.74, 6) is 1.22. The number of fused-ring (bicyclic) bond motifs is 1. The molecule has 2 heterocycles. The summed E-state index contributed by atoms with van der Waals surface area (Å²) in [5.41, 5.74) is 9.79. The number of aromatic nitrogens is 2. The van der Waals surface area contributed by atoms with Crippen molar-refractivity contribution < 1.29 is 14.2 Å². The zero-order valence-electron chi connectivity index (χ0n) is 17.4. The second-order valence-corrected chi connectivity index (χ2v) is 8.77. The Kier molecular flexibility index (Phi) is 6.48. The van der Waals surface area contributed by atoms with Crippen LogP contribution >= 0.6 is 34.2 Å². The summed E-state index contributed by atoms with van der Waals surface area (Å²) < 4.78 is 18.4. The SMILES string of the molecule is CCOc1cc([C@@H]2C(C#N)=C(N)Oc3n[nH]c(C)c32)cc(I)c1OCc1ccc(Cl)cc1. The van der Waals surface area contributed by atoms with Crippen LogP contribution in [-0.2, 0) is 6.61 Å². The van der Waals surface area contributed by atoms with Crippen molar-refractivity contribution in [1.29, 1.82) is 5.26 Å². The lowest BCUT2D eigenvalue weighted by atomic mass is 9.84. The zero-order valence-corrected chi connectivity index (χ0v) is 20.3. The lowest BCUT2D eigenvalue weighted by molar-refractivity contribution is 0.267. The highest BCUT2D eigenvalue weighted by Gasteiger charge is 2.35. The molecule has 32 heavy (non-hydrogen) atoms. The number of nitrogens with one attached hydrogen (secondary N) is 1. The number of hydrogen-bond donors (Lipinski definition) is 2. The fraction of sp³-hybridized carbons (Fsp3) is 0.217. The summed E-state index contributed by atoms with van der Waals surface area (Å²) in [6, 6.07) is 13.5. The van der Waals surface area contributed by atoms with Crippen LogP contribution in [0.1, 0.15) is 35.2 Å². The molecule has 4 rings (SSSR count). The maximum absolute atomic E-state index is 9.81. The van der Waals surface area contributed by atoms with E-state index in [0.29, 0.717) is 41.2 Å². The molecule has 0 fully saturated rings. The quantitative estimate of drug-likeness (QED) is 0.402. The Morgan fingerprint density at radius 1 is 1.28 bits per heavy atom. The van der Waals surface area contributed by atoms with Gasteiger partial charge in [-0.25, -0.2) is 0 Å². The standard InChI is InChI=1S/C23H20ClIN4O3/c1-3-30-18-9-14(8-17(25)21(18)31-11-13-4-6-15(24)7-5-13)20-16(10-26)22(27)32-23-19(20)12(2)28-29-23/h4-9,20H,3,11,27H2,1-2H3,(H,28,29)/t20-/m1/s1. The van der Waals surface area contributed by atoms with Crippen molar-refractivity contribution in [3.63, 3.8) is 0 Å². The molecule has 1 atom stereocenters. The number of rotatable bonds is 6. The van der Waals surface area contributed by atoms with E-state index in [0.717, 1.165) is 26.0 Å². The van der Waals surface area contributed by atoms with Crippen LogP contribution in [0.15, 0.2) is 47.9 Å². The number of benzene rings is 2. The molecule has 3 aromatic rings. The molecule has 0 saturated heterocycles. The average Bonchev–Trinajstić information content (AvgIpc) is 3.13. The summed E-state index contributed by atoms with van der Waals surface area (Å²) in [4.78, 5) is 0. The molecule has 0 bridgehead atoms. The maximum atomic E-state index is 9.81. The molecular weight excluding hydrogens is 543 g/mol. The van der Waals surface area contributed by atoms with Crippen molar-refractivity contribution in [3.05, 3.63) is 78.8 Å². The van der Waals surface area contributed by atoms with Crippen LogP contribution in [0.3, 0.4) is 0 Å². The van der Waals surface area contributed by atoms with Crippen LogP contribution in [0, 0.1) is 21.8 Å². The maximum Gasteiger partial charge on any atom is 0.244 e. The van der Waals surface area contributed by atoms with E-state index < -0.39 is 5.92 Å². The number of allylic oxidation sites excluding steroid dienone is 1. The van der Waals surface area contributed by atoms with Crippen molar-refractivity contribution in [2.24, 2.45) is 5.73 Å². The Balaban J connectivity index is 1.75. The second kappa shape index (κ2) is 9.30. The molecule has 0 spiro atoms. The van der Waals surface area contributed by atoms with Crippen molar-refractivity contribution in [3.8, 4) is 23.4 Å². The molecule has 0 radical (unpaired) electrons. The van der Waals surface area contributed by atoms with E-state index in [2.05, 4.69) is 38.9 Å². The molecule has 1 aliphatic heterocycles. The van der Waals surface area contributed by atoms with Gasteiger partial charge in [-0.1, -0.05) is 23.7 Å². The highest BCUT2D eigenvalue weighted by molar-refractivity contribution is 14.1. The molecule has 7 nitrogen and oxygen atoms in total.